The number of hydrogen-bond acceptors (Lipinski definition) is 11. The maximum atomic E-state index is 11.5. The number of ether oxygens (including phenoxy) is 2. The first-order chi connectivity index (χ1) is 15.9. The summed E-state index contributed by atoms with van der Waals surface area (Å²) in [6, 6.07) is 11.5. The predicted molar refractivity (Wildman–Crippen MR) is 122 cm³/mol. The van der Waals surface area contributed by atoms with Crippen molar-refractivity contribution in [3.63, 3.8) is 0 Å². The van der Waals surface area contributed by atoms with Gasteiger partial charge in [-0.3, -0.25) is 19.7 Å². The van der Waals surface area contributed by atoms with Crippen LogP contribution in [0.4, 0.5) is 22.1 Å². The monoisotopic (exact) mass is 471 g/mol. The number of azo groups is 1. The van der Waals surface area contributed by atoms with Crippen molar-refractivity contribution in [1.82, 2.24) is 4.37 Å². The average Bonchev–Trinajstić information content (AvgIpc) is 3.25. The van der Waals surface area contributed by atoms with Crippen molar-refractivity contribution in [3.8, 4) is 0 Å². The van der Waals surface area contributed by atoms with Gasteiger partial charge in [0.05, 0.1) is 43.2 Å². The van der Waals surface area contributed by atoms with Crippen LogP contribution in [0.5, 0.6) is 0 Å². The molecule has 0 N–H and O–H groups in total. The SMILES string of the molecule is COC(=O)CCN(CCC(=O)OC)c1ccc(N=Nc2snc3ccc([N+](=O)[O-])cc23)cc1. The van der Waals surface area contributed by atoms with Gasteiger partial charge in [-0.2, -0.15) is 4.37 Å². The van der Waals surface area contributed by atoms with E-state index in [1.54, 1.807) is 30.3 Å². The van der Waals surface area contributed by atoms with Gasteiger partial charge in [-0.25, -0.2) is 0 Å². The molecule has 1 heterocycles. The van der Waals surface area contributed by atoms with Crippen LogP contribution in [0, 0.1) is 10.1 Å². The van der Waals surface area contributed by atoms with Gasteiger partial charge in [-0.15, -0.1) is 10.2 Å². The van der Waals surface area contributed by atoms with Crippen LogP contribution in [0.1, 0.15) is 12.8 Å². The Morgan fingerprint density at radius 1 is 1.03 bits per heavy atom. The molecule has 0 amide bonds. The second kappa shape index (κ2) is 11.1. The molecular formula is C21H21N5O6S. The van der Waals surface area contributed by atoms with E-state index in [-0.39, 0.29) is 30.5 Å². The fraction of sp³-hybridized carbons (Fsp3) is 0.286. The molecule has 0 saturated heterocycles. The molecule has 0 aliphatic rings. The third-order valence-electron chi connectivity index (χ3n) is 4.75. The number of methoxy groups -OCH3 is 2. The lowest BCUT2D eigenvalue weighted by atomic mass is 10.2. The molecular weight excluding hydrogens is 450 g/mol. The van der Waals surface area contributed by atoms with Crippen molar-refractivity contribution >= 4 is 56.4 Å². The fourth-order valence-electron chi connectivity index (χ4n) is 2.96. The third kappa shape index (κ3) is 6.29. The van der Waals surface area contributed by atoms with E-state index in [0.29, 0.717) is 34.7 Å². The minimum Gasteiger partial charge on any atom is -0.469 e. The molecule has 0 atom stereocenters. The van der Waals surface area contributed by atoms with Gasteiger partial charge < -0.3 is 14.4 Å². The molecule has 33 heavy (non-hydrogen) atoms. The molecule has 172 valence electrons. The standard InChI is InChI=1S/C21H21N5O6S/c1-31-19(27)9-11-25(12-10-20(28)32-2)15-5-3-14(4-6-15)22-23-21-17-13-16(26(29)30)7-8-18(17)24-33-21/h3-8,13H,9-12H2,1-2H3. The lowest BCUT2D eigenvalue weighted by Gasteiger charge is -2.24. The van der Waals surface area contributed by atoms with Crippen molar-refractivity contribution < 1.29 is 24.0 Å². The number of hydrogen-bond donors (Lipinski definition) is 0. The number of nitro benzene ring substituents is 1. The highest BCUT2D eigenvalue weighted by molar-refractivity contribution is 7.11. The van der Waals surface area contributed by atoms with Crippen LogP contribution in [-0.4, -0.2) is 48.5 Å². The van der Waals surface area contributed by atoms with Crippen molar-refractivity contribution in [1.29, 1.82) is 0 Å². The first kappa shape index (κ1) is 23.7. The first-order valence-corrected chi connectivity index (χ1v) is 10.6. The number of benzene rings is 2. The van der Waals surface area contributed by atoms with E-state index < -0.39 is 4.92 Å². The molecule has 2 aromatic carbocycles. The topological polar surface area (TPSA) is 137 Å². The summed E-state index contributed by atoms with van der Waals surface area (Å²) in [5, 5.41) is 20.5. The minimum absolute atomic E-state index is 0.0393. The maximum absolute atomic E-state index is 11.5. The highest BCUT2D eigenvalue weighted by Crippen LogP contribution is 2.34. The van der Waals surface area contributed by atoms with Crippen LogP contribution in [-0.2, 0) is 19.1 Å². The summed E-state index contributed by atoms with van der Waals surface area (Å²) in [7, 11) is 2.65. The van der Waals surface area contributed by atoms with Gasteiger partial charge in [-0.1, -0.05) is 0 Å². The number of carbonyl (C=O) groups excluding carboxylic acids is 2. The molecule has 12 heteroatoms. The van der Waals surface area contributed by atoms with E-state index in [4.69, 9.17) is 9.47 Å². The van der Waals surface area contributed by atoms with Gasteiger partial charge in [0.15, 0.2) is 5.00 Å². The zero-order chi connectivity index (χ0) is 23.8. The van der Waals surface area contributed by atoms with E-state index in [9.17, 15) is 19.7 Å². The molecule has 1 aromatic heterocycles. The van der Waals surface area contributed by atoms with Crippen LogP contribution in [0.3, 0.4) is 0 Å². The van der Waals surface area contributed by atoms with Crippen LogP contribution < -0.4 is 4.90 Å². The van der Waals surface area contributed by atoms with E-state index in [1.807, 2.05) is 4.90 Å². The Morgan fingerprint density at radius 3 is 2.24 bits per heavy atom. The molecule has 0 unspecified atom stereocenters. The normalized spacial score (nSPS) is 11.0. The molecule has 11 nitrogen and oxygen atoms in total. The number of anilines is 1. The Labute approximate surface area is 193 Å². The number of esters is 2. The van der Waals surface area contributed by atoms with Crippen LogP contribution in [0.25, 0.3) is 10.9 Å². The Bertz CT molecular complexity index is 1160. The number of aromatic nitrogens is 1. The van der Waals surface area contributed by atoms with Crippen molar-refractivity contribution in [2.45, 2.75) is 12.8 Å². The van der Waals surface area contributed by atoms with E-state index in [0.717, 1.165) is 17.2 Å². The van der Waals surface area contributed by atoms with Gasteiger partial charge in [0.1, 0.15) is 0 Å². The Morgan fingerprint density at radius 2 is 1.67 bits per heavy atom. The molecule has 0 fully saturated rings. The van der Waals surface area contributed by atoms with Crippen LogP contribution in [0.15, 0.2) is 52.7 Å². The summed E-state index contributed by atoms with van der Waals surface area (Å²) in [6.45, 7) is 0.742. The number of nitro groups is 1. The van der Waals surface area contributed by atoms with Gasteiger partial charge in [0.2, 0.25) is 0 Å². The molecule has 0 bridgehead atoms. The lowest BCUT2D eigenvalue weighted by molar-refractivity contribution is -0.384. The summed E-state index contributed by atoms with van der Waals surface area (Å²) in [4.78, 5) is 35.5. The summed E-state index contributed by atoms with van der Waals surface area (Å²) < 4.78 is 13.6. The molecule has 0 aliphatic carbocycles. The maximum Gasteiger partial charge on any atom is 0.307 e. The van der Waals surface area contributed by atoms with Crippen molar-refractivity contribution in [2.75, 3.05) is 32.2 Å². The van der Waals surface area contributed by atoms with Gasteiger partial charge in [0.25, 0.3) is 5.69 Å². The summed E-state index contributed by atoms with van der Waals surface area (Å²) in [5.41, 5.74) is 1.93. The van der Waals surface area contributed by atoms with Gasteiger partial charge >= 0.3 is 11.9 Å². The van der Waals surface area contributed by atoms with Crippen LogP contribution >= 0.6 is 11.5 Å². The lowest BCUT2D eigenvalue weighted by Crippen LogP contribution is -2.29. The number of nitrogens with zero attached hydrogens (tertiary/aromatic N) is 5. The smallest absolute Gasteiger partial charge is 0.307 e. The molecule has 0 radical (unpaired) electrons. The summed E-state index contributed by atoms with van der Waals surface area (Å²) in [5.74, 6) is -0.694. The van der Waals surface area contributed by atoms with E-state index in [2.05, 4.69) is 14.6 Å². The number of non-ortho nitro benzene ring substituents is 1. The van der Waals surface area contributed by atoms with Gasteiger partial charge in [-0.05, 0) is 41.9 Å². The number of fused-ring (bicyclic) bond motifs is 1. The first-order valence-electron chi connectivity index (χ1n) is 9.85. The molecule has 0 saturated carbocycles. The second-order valence-electron chi connectivity index (χ2n) is 6.80. The third-order valence-corrected chi connectivity index (χ3v) is 5.51. The molecule has 3 rings (SSSR count). The zero-order valence-corrected chi connectivity index (χ0v) is 18.8. The Hall–Kier alpha value is -3.93. The largest absolute Gasteiger partial charge is 0.469 e. The van der Waals surface area contributed by atoms with E-state index in [1.165, 1.54) is 26.4 Å². The summed E-state index contributed by atoms with van der Waals surface area (Å²) >= 11 is 1.10. The summed E-state index contributed by atoms with van der Waals surface area (Å²) in [6.07, 6.45) is 0.341. The molecule has 3 aromatic rings. The highest BCUT2D eigenvalue weighted by atomic mass is 32.1. The molecule has 0 aliphatic heterocycles. The number of carbonyl (C=O) groups is 2. The van der Waals surface area contributed by atoms with Crippen molar-refractivity contribution in [2.24, 2.45) is 10.2 Å². The van der Waals surface area contributed by atoms with E-state index >= 15 is 0 Å². The Balaban J connectivity index is 1.75. The minimum atomic E-state index is -0.469. The quantitative estimate of drug-likeness (QED) is 0.182. The highest BCUT2D eigenvalue weighted by Gasteiger charge is 2.13. The van der Waals surface area contributed by atoms with Crippen molar-refractivity contribution in [3.05, 3.63) is 52.6 Å². The zero-order valence-electron chi connectivity index (χ0n) is 18.0. The fourth-order valence-corrected chi connectivity index (χ4v) is 3.65. The second-order valence-corrected chi connectivity index (χ2v) is 7.55. The van der Waals surface area contributed by atoms with Crippen LogP contribution in [0.2, 0.25) is 0 Å². The average molecular weight is 471 g/mol. The number of rotatable bonds is 10. The predicted octanol–water partition coefficient (Wildman–Crippen LogP) is 4.55. The Kier molecular flexibility index (Phi) is 7.97. The molecule has 0 spiro atoms. The van der Waals surface area contributed by atoms with Gasteiger partial charge in [0, 0.05) is 36.3 Å².